The van der Waals surface area contributed by atoms with Gasteiger partial charge in [-0.15, -0.1) is 0 Å². The number of nitriles is 1. The zero-order valence-corrected chi connectivity index (χ0v) is 11.0. The van der Waals surface area contributed by atoms with Crippen LogP contribution in [0.5, 0.6) is 0 Å². The minimum atomic E-state index is -4.49. The lowest BCUT2D eigenvalue weighted by Crippen LogP contribution is -2.11. The maximum atomic E-state index is 11.2. The Morgan fingerprint density at radius 1 is 1.39 bits per heavy atom. The molecule has 0 spiro atoms. The molecule has 1 aromatic rings. The molecule has 1 aromatic carbocycles. The van der Waals surface area contributed by atoms with Crippen LogP contribution in [-0.4, -0.2) is 18.9 Å². The molecule has 0 aliphatic rings. The van der Waals surface area contributed by atoms with Crippen LogP contribution >= 0.6 is 23.2 Å². The van der Waals surface area contributed by atoms with E-state index in [0.29, 0.717) is 0 Å². The number of hydrogen-bond donors (Lipinski definition) is 2. The molecule has 0 saturated carbocycles. The van der Waals surface area contributed by atoms with Crippen molar-refractivity contribution >= 4 is 44.9 Å². The summed E-state index contributed by atoms with van der Waals surface area (Å²) < 4.78 is 30.7. The van der Waals surface area contributed by atoms with Crippen molar-refractivity contribution in [2.24, 2.45) is 0 Å². The predicted molar refractivity (Wildman–Crippen MR) is 65.1 cm³/mol. The number of halogens is 2. The van der Waals surface area contributed by atoms with Crippen LogP contribution in [0.2, 0.25) is 10.0 Å². The summed E-state index contributed by atoms with van der Waals surface area (Å²) in [6.07, 6.45) is -0.381. The zero-order valence-electron chi connectivity index (χ0n) is 8.65. The smallest absolute Gasteiger partial charge is 0.296 e. The van der Waals surface area contributed by atoms with Crippen molar-refractivity contribution in [3.05, 3.63) is 22.2 Å². The van der Waals surface area contributed by atoms with Crippen molar-refractivity contribution in [1.82, 2.24) is 0 Å². The highest BCUT2D eigenvalue weighted by Gasteiger charge is 2.18. The number of nitrogens with zero attached hydrogens (tertiary/aromatic N) is 1. The van der Waals surface area contributed by atoms with Crippen molar-refractivity contribution in [3.63, 3.8) is 0 Å². The molecule has 6 nitrogen and oxygen atoms in total. The summed E-state index contributed by atoms with van der Waals surface area (Å²) >= 11 is 11.4. The molecule has 18 heavy (non-hydrogen) atoms. The van der Waals surface area contributed by atoms with E-state index in [2.05, 4.69) is 5.32 Å². The van der Waals surface area contributed by atoms with Crippen LogP contribution in [0.1, 0.15) is 6.42 Å². The molecule has 0 saturated heterocycles. The van der Waals surface area contributed by atoms with E-state index in [9.17, 15) is 13.2 Å². The third-order valence-electron chi connectivity index (χ3n) is 1.81. The number of benzene rings is 1. The average Bonchev–Trinajstić information content (AvgIpc) is 2.21. The fourth-order valence-corrected chi connectivity index (χ4v) is 2.39. The van der Waals surface area contributed by atoms with Crippen molar-refractivity contribution in [2.45, 2.75) is 11.3 Å². The average molecular weight is 309 g/mol. The predicted octanol–water partition coefficient (Wildman–Crippen LogP) is 2.09. The van der Waals surface area contributed by atoms with Gasteiger partial charge in [0.2, 0.25) is 5.91 Å². The number of anilines is 1. The summed E-state index contributed by atoms with van der Waals surface area (Å²) in [5, 5.41) is 10.2. The first-order valence-electron chi connectivity index (χ1n) is 4.39. The van der Waals surface area contributed by atoms with E-state index in [1.165, 1.54) is 0 Å². The second kappa shape index (κ2) is 5.54. The van der Waals surface area contributed by atoms with Crippen LogP contribution in [-0.2, 0) is 14.9 Å². The minimum Gasteiger partial charge on any atom is -0.324 e. The maximum absolute atomic E-state index is 11.2. The van der Waals surface area contributed by atoms with Gasteiger partial charge in [0, 0.05) is 0 Å². The number of hydrogen-bond acceptors (Lipinski definition) is 4. The number of rotatable bonds is 3. The van der Waals surface area contributed by atoms with Crippen LogP contribution in [0.25, 0.3) is 0 Å². The zero-order chi connectivity index (χ0) is 13.9. The highest BCUT2D eigenvalue weighted by atomic mass is 35.5. The first-order valence-corrected chi connectivity index (χ1v) is 6.58. The SMILES string of the molecule is N#CCC(=O)Nc1cc(Cl)c(S(=O)(=O)O)cc1Cl. The molecule has 0 unspecified atom stereocenters. The second-order valence-electron chi connectivity index (χ2n) is 3.12. The van der Waals surface area contributed by atoms with Crippen LogP contribution in [0.4, 0.5) is 5.69 Å². The van der Waals surface area contributed by atoms with Crippen LogP contribution in [0.15, 0.2) is 17.0 Å². The summed E-state index contributed by atoms with van der Waals surface area (Å²) in [6, 6.07) is 3.61. The van der Waals surface area contributed by atoms with Gasteiger partial charge in [-0.3, -0.25) is 9.35 Å². The van der Waals surface area contributed by atoms with Gasteiger partial charge in [0.15, 0.2) is 0 Å². The quantitative estimate of drug-likeness (QED) is 0.831. The summed E-state index contributed by atoms with van der Waals surface area (Å²) in [6.45, 7) is 0. The molecule has 1 amide bonds. The Labute approximate surface area is 113 Å². The van der Waals surface area contributed by atoms with Crippen molar-refractivity contribution in [1.29, 1.82) is 5.26 Å². The van der Waals surface area contributed by atoms with Crippen LogP contribution in [0, 0.1) is 11.3 Å². The van der Waals surface area contributed by atoms with Gasteiger partial charge in [-0.1, -0.05) is 23.2 Å². The van der Waals surface area contributed by atoms with Crippen molar-refractivity contribution < 1.29 is 17.8 Å². The van der Waals surface area contributed by atoms with Gasteiger partial charge in [-0.05, 0) is 12.1 Å². The molecule has 0 fully saturated rings. The maximum Gasteiger partial charge on any atom is 0.296 e. The normalized spacial score (nSPS) is 10.8. The summed E-state index contributed by atoms with van der Waals surface area (Å²) in [5.41, 5.74) is 0.0503. The number of amides is 1. The monoisotopic (exact) mass is 308 g/mol. The van der Waals surface area contributed by atoms with Gasteiger partial charge < -0.3 is 5.32 Å². The van der Waals surface area contributed by atoms with Crippen molar-refractivity contribution in [3.8, 4) is 6.07 Å². The van der Waals surface area contributed by atoms with Crippen LogP contribution in [0.3, 0.4) is 0 Å². The highest BCUT2D eigenvalue weighted by molar-refractivity contribution is 7.86. The molecule has 0 radical (unpaired) electrons. The molecule has 2 N–H and O–H groups in total. The lowest BCUT2D eigenvalue weighted by Gasteiger charge is -2.08. The fraction of sp³-hybridized carbons (Fsp3) is 0.111. The van der Waals surface area contributed by atoms with E-state index in [1.54, 1.807) is 6.07 Å². The van der Waals surface area contributed by atoms with E-state index >= 15 is 0 Å². The number of carbonyl (C=O) groups is 1. The number of carbonyl (C=O) groups excluding carboxylic acids is 1. The highest BCUT2D eigenvalue weighted by Crippen LogP contribution is 2.31. The van der Waals surface area contributed by atoms with E-state index in [1.807, 2.05) is 0 Å². The Bertz CT molecular complexity index is 637. The minimum absolute atomic E-state index is 0.0503. The second-order valence-corrected chi connectivity index (χ2v) is 5.32. The molecule has 0 aliphatic carbocycles. The Hall–Kier alpha value is -1.33. The Morgan fingerprint density at radius 2 is 2.00 bits per heavy atom. The van der Waals surface area contributed by atoms with E-state index in [4.69, 9.17) is 33.0 Å². The molecule has 96 valence electrons. The molecular formula is C9H6Cl2N2O4S. The first-order chi connectivity index (χ1) is 8.25. The van der Waals surface area contributed by atoms with Gasteiger partial charge >= 0.3 is 0 Å². The molecule has 0 aromatic heterocycles. The molecule has 0 bridgehead atoms. The summed E-state index contributed by atoms with van der Waals surface area (Å²) in [5.74, 6) is -0.616. The topological polar surface area (TPSA) is 107 Å². The summed E-state index contributed by atoms with van der Waals surface area (Å²) in [7, 11) is -4.49. The van der Waals surface area contributed by atoms with Gasteiger partial charge in [-0.2, -0.15) is 13.7 Å². The first kappa shape index (κ1) is 14.7. The third kappa shape index (κ3) is 3.58. The standard InChI is InChI=1S/C9H6Cl2N2O4S/c10-5-4-8(18(15,16)17)6(11)3-7(5)13-9(14)1-2-12/h3-4H,1H2,(H,13,14)(H,15,16,17). The molecule has 0 aliphatic heterocycles. The molecule has 9 heteroatoms. The van der Waals surface area contributed by atoms with Gasteiger partial charge in [0.1, 0.15) is 11.3 Å². The lowest BCUT2D eigenvalue weighted by molar-refractivity contribution is -0.115. The lowest BCUT2D eigenvalue weighted by atomic mass is 10.3. The molecule has 1 rings (SSSR count). The van der Waals surface area contributed by atoms with Gasteiger partial charge in [-0.25, -0.2) is 0 Å². The Kier molecular flexibility index (Phi) is 4.53. The van der Waals surface area contributed by atoms with E-state index in [0.717, 1.165) is 12.1 Å². The number of nitrogens with one attached hydrogen (secondary N) is 1. The van der Waals surface area contributed by atoms with Crippen molar-refractivity contribution in [2.75, 3.05) is 5.32 Å². The Balaban J connectivity index is 3.17. The largest absolute Gasteiger partial charge is 0.324 e. The molecular weight excluding hydrogens is 303 g/mol. The fourth-order valence-electron chi connectivity index (χ4n) is 1.09. The Morgan fingerprint density at radius 3 is 2.50 bits per heavy atom. The third-order valence-corrected chi connectivity index (χ3v) is 3.44. The van der Waals surface area contributed by atoms with Gasteiger partial charge in [0.05, 0.1) is 21.8 Å². The van der Waals surface area contributed by atoms with Crippen LogP contribution < -0.4 is 5.32 Å². The summed E-state index contributed by atoms with van der Waals surface area (Å²) in [4.78, 5) is 10.6. The van der Waals surface area contributed by atoms with Gasteiger partial charge in [0.25, 0.3) is 10.1 Å². The molecule has 0 atom stereocenters. The molecule has 0 heterocycles. The van der Waals surface area contributed by atoms with E-state index < -0.39 is 20.9 Å². The van der Waals surface area contributed by atoms with E-state index in [-0.39, 0.29) is 22.2 Å².